The Hall–Kier alpha value is -0.240. The average molecular weight is 206 g/mol. The highest BCUT2D eigenvalue weighted by molar-refractivity contribution is 6.20. The number of carbonyl (C=O) groups excluding carboxylic acids is 1. The van der Waals surface area contributed by atoms with Gasteiger partial charge in [-0.25, -0.2) is 0 Å². The third-order valence-electron chi connectivity index (χ3n) is 2.33. The van der Waals surface area contributed by atoms with Crippen molar-refractivity contribution < 1.29 is 4.79 Å². The molecule has 0 N–H and O–H groups in total. The van der Waals surface area contributed by atoms with Crippen molar-refractivity contribution in [3.63, 3.8) is 0 Å². The lowest BCUT2D eigenvalue weighted by molar-refractivity contribution is -0.139. The van der Waals surface area contributed by atoms with Crippen LogP contribution in [0.15, 0.2) is 0 Å². The van der Waals surface area contributed by atoms with E-state index < -0.39 is 0 Å². The molecular weight excluding hydrogens is 186 g/mol. The summed E-state index contributed by atoms with van der Waals surface area (Å²) in [7, 11) is 1.80. The first-order valence-electron chi connectivity index (χ1n) is 4.71. The molecule has 0 saturated heterocycles. The minimum Gasteiger partial charge on any atom is -0.344 e. The molecule has 0 aliphatic heterocycles. The molecular formula is C10H20ClNO. The van der Waals surface area contributed by atoms with Gasteiger partial charge in [-0.1, -0.05) is 20.8 Å². The summed E-state index contributed by atoms with van der Waals surface area (Å²) in [5, 5.41) is 0.0154. The van der Waals surface area contributed by atoms with E-state index in [4.69, 9.17) is 11.6 Å². The van der Waals surface area contributed by atoms with Gasteiger partial charge >= 0.3 is 0 Å². The molecule has 0 fully saturated rings. The van der Waals surface area contributed by atoms with Crippen LogP contribution >= 0.6 is 11.6 Å². The largest absolute Gasteiger partial charge is 0.344 e. The number of amides is 1. The number of carbonyl (C=O) groups is 1. The van der Waals surface area contributed by atoms with E-state index in [9.17, 15) is 4.79 Å². The van der Waals surface area contributed by atoms with E-state index in [2.05, 4.69) is 0 Å². The SMILES string of the molecule is CCC(C)(C)C(=O)N(C)CC(C)Cl. The topological polar surface area (TPSA) is 20.3 Å². The van der Waals surface area contributed by atoms with Crippen molar-refractivity contribution in [3.8, 4) is 0 Å². The van der Waals surface area contributed by atoms with Crippen molar-refractivity contribution in [1.29, 1.82) is 0 Å². The maximum atomic E-state index is 11.8. The van der Waals surface area contributed by atoms with Crippen molar-refractivity contribution in [2.24, 2.45) is 5.41 Å². The molecule has 1 unspecified atom stereocenters. The zero-order valence-corrected chi connectivity index (χ0v) is 9.98. The minimum absolute atomic E-state index is 0.0154. The second-order valence-electron chi connectivity index (χ2n) is 4.20. The van der Waals surface area contributed by atoms with Gasteiger partial charge in [-0.3, -0.25) is 4.79 Å². The highest BCUT2D eigenvalue weighted by Gasteiger charge is 2.28. The molecule has 0 heterocycles. The third-order valence-corrected chi connectivity index (χ3v) is 2.47. The number of hydrogen-bond acceptors (Lipinski definition) is 1. The first kappa shape index (κ1) is 12.8. The molecule has 1 amide bonds. The molecule has 0 aromatic heterocycles. The predicted molar refractivity (Wildman–Crippen MR) is 57.0 cm³/mol. The molecule has 0 spiro atoms. The number of rotatable bonds is 4. The Morgan fingerprint density at radius 2 is 2.00 bits per heavy atom. The maximum absolute atomic E-state index is 11.8. The fraction of sp³-hybridized carbons (Fsp3) is 0.900. The standard InChI is InChI=1S/C10H20ClNO/c1-6-10(3,4)9(13)12(5)7-8(2)11/h8H,6-7H2,1-5H3. The van der Waals surface area contributed by atoms with E-state index in [1.165, 1.54) is 0 Å². The average Bonchev–Trinajstić information content (AvgIpc) is 2.01. The molecule has 2 nitrogen and oxygen atoms in total. The van der Waals surface area contributed by atoms with Crippen LogP contribution in [0.4, 0.5) is 0 Å². The zero-order chi connectivity index (χ0) is 10.6. The van der Waals surface area contributed by atoms with Crippen molar-refractivity contribution in [2.45, 2.75) is 39.5 Å². The molecule has 3 heteroatoms. The Morgan fingerprint density at radius 1 is 1.54 bits per heavy atom. The lowest BCUT2D eigenvalue weighted by Gasteiger charge is -2.28. The molecule has 13 heavy (non-hydrogen) atoms. The highest BCUT2D eigenvalue weighted by Crippen LogP contribution is 2.22. The molecule has 0 aliphatic carbocycles. The van der Waals surface area contributed by atoms with Gasteiger partial charge in [0, 0.05) is 24.4 Å². The summed E-state index contributed by atoms with van der Waals surface area (Å²) >= 11 is 5.82. The molecule has 0 bridgehead atoms. The third kappa shape index (κ3) is 3.99. The minimum atomic E-state index is -0.263. The van der Waals surface area contributed by atoms with Gasteiger partial charge in [0.2, 0.25) is 5.91 Å². The van der Waals surface area contributed by atoms with Gasteiger partial charge in [0.15, 0.2) is 0 Å². The highest BCUT2D eigenvalue weighted by atomic mass is 35.5. The van der Waals surface area contributed by atoms with Crippen LogP contribution in [0, 0.1) is 5.41 Å². The fourth-order valence-electron chi connectivity index (χ4n) is 1.13. The Morgan fingerprint density at radius 3 is 2.31 bits per heavy atom. The summed E-state index contributed by atoms with van der Waals surface area (Å²) in [6.45, 7) is 8.46. The van der Waals surface area contributed by atoms with E-state index in [0.29, 0.717) is 6.54 Å². The van der Waals surface area contributed by atoms with Crippen molar-refractivity contribution >= 4 is 17.5 Å². The van der Waals surface area contributed by atoms with Crippen LogP contribution < -0.4 is 0 Å². The number of halogens is 1. The molecule has 0 radical (unpaired) electrons. The quantitative estimate of drug-likeness (QED) is 0.646. The van der Waals surface area contributed by atoms with Crippen molar-refractivity contribution in [2.75, 3.05) is 13.6 Å². The van der Waals surface area contributed by atoms with Crippen LogP contribution in [-0.4, -0.2) is 29.8 Å². The van der Waals surface area contributed by atoms with E-state index in [-0.39, 0.29) is 16.7 Å². The molecule has 0 saturated carbocycles. The summed E-state index contributed by atoms with van der Waals surface area (Å²) in [4.78, 5) is 13.5. The maximum Gasteiger partial charge on any atom is 0.228 e. The first-order chi connectivity index (χ1) is 5.81. The van der Waals surface area contributed by atoms with Gasteiger partial charge in [-0.2, -0.15) is 0 Å². The van der Waals surface area contributed by atoms with Crippen LogP contribution in [0.25, 0.3) is 0 Å². The van der Waals surface area contributed by atoms with Crippen LogP contribution in [0.2, 0.25) is 0 Å². The summed E-state index contributed by atoms with van der Waals surface area (Å²) in [6, 6.07) is 0. The van der Waals surface area contributed by atoms with E-state index >= 15 is 0 Å². The van der Waals surface area contributed by atoms with E-state index in [0.717, 1.165) is 6.42 Å². The molecule has 0 rings (SSSR count). The van der Waals surface area contributed by atoms with Gasteiger partial charge in [-0.05, 0) is 13.3 Å². The molecule has 78 valence electrons. The number of nitrogens with zero attached hydrogens (tertiary/aromatic N) is 1. The van der Waals surface area contributed by atoms with E-state index in [1.807, 2.05) is 27.7 Å². The number of hydrogen-bond donors (Lipinski definition) is 0. The molecule has 0 aromatic carbocycles. The van der Waals surface area contributed by atoms with Gasteiger partial charge in [0.25, 0.3) is 0 Å². The monoisotopic (exact) mass is 205 g/mol. The Balaban J connectivity index is 4.25. The fourth-order valence-corrected chi connectivity index (χ4v) is 1.34. The van der Waals surface area contributed by atoms with Gasteiger partial charge in [0.05, 0.1) is 0 Å². The lowest BCUT2D eigenvalue weighted by atomic mass is 9.88. The summed E-state index contributed by atoms with van der Waals surface area (Å²) in [6.07, 6.45) is 0.854. The van der Waals surface area contributed by atoms with Crippen molar-refractivity contribution in [3.05, 3.63) is 0 Å². The van der Waals surface area contributed by atoms with Gasteiger partial charge in [0.1, 0.15) is 0 Å². The van der Waals surface area contributed by atoms with Crippen LogP contribution in [0.5, 0.6) is 0 Å². The van der Waals surface area contributed by atoms with Gasteiger partial charge < -0.3 is 4.90 Å². The Bertz CT molecular complexity index is 178. The molecule has 0 aromatic rings. The smallest absolute Gasteiger partial charge is 0.228 e. The summed E-state index contributed by atoms with van der Waals surface area (Å²) in [5.74, 6) is 0.169. The molecule has 0 aliphatic rings. The Kier molecular flexibility index (Phi) is 4.76. The van der Waals surface area contributed by atoms with Crippen LogP contribution in [0.1, 0.15) is 34.1 Å². The zero-order valence-electron chi connectivity index (χ0n) is 9.22. The van der Waals surface area contributed by atoms with Crippen LogP contribution in [-0.2, 0) is 4.79 Å². The molecule has 1 atom stereocenters. The van der Waals surface area contributed by atoms with E-state index in [1.54, 1.807) is 11.9 Å². The Labute approximate surface area is 86.2 Å². The lowest BCUT2D eigenvalue weighted by Crippen LogP contribution is -2.40. The summed E-state index contributed by atoms with van der Waals surface area (Å²) in [5.41, 5.74) is -0.263. The normalized spacial score (nSPS) is 14.0. The number of alkyl halides is 1. The second-order valence-corrected chi connectivity index (χ2v) is 4.95. The summed E-state index contributed by atoms with van der Waals surface area (Å²) < 4.78 is 0. The van der Waals surface area contributed by atoms with Crippen molar-refractivity contribution in [1.82, 2.24) is 4.90 Å². The first-order valence-corrected chi connectivity index (χ1v) is 5.14. The van der Waals surface area contributed by atoms with Gasteiger partial charge in [-0.15, -0.1) is 11.6 Å². The second kappa shape index (κ2) is 4.85. The predicted octanol–water partition coefficient (Wildman–Crippen LogP) is 2.51. The van der Waals surface area contributed by atoms with Crippen LogP contribution in [0.3, 0.4) is 0 Å².